The van der Waals surface area contributed by atoms with Crippen molar-refractivity contribution in [1.29, 1.82) is 0 Å². The highest BCUT2D eigenvalue weighted by Gasteiger charge is 2.19. The molecule has 0 bridgehead atoms. The normalized spacial score (nSPS) is 12.1. The van der Waals surface area contributed by atoms with Crippen LogP contribution in [0, 0.1) is 11.8 Å². The van der Waals surface area contributed by atoms with Gasteiger partial charge >= 0.3 is 17.9 Å². The SMILES string of the molecule is CCCCCCCCCCCCCCC(=O)O[C@H](COC(=O)CCCCCCCCCCCCCCC(C)C)COC(=O)CCCCCCCCCCCC(C)C. The van der Waals surface area contributed by atoms with Crippen molar-refractivity contribution < 1.29 is 28.6 Å². The molecule has 0 heterocycles. The van der Waals surface area contributed by atoms with Crippen molar-refractivity contribution in [1.82, 2.24) is 0 Å². The summed E-state index contributed by atoms with van der Waals surface area (Å²) in [7, 11) is 0. The molecule has 0 aromatic carbocycles. The third-order valence-electron chi connectivity index (χ3n) is 11.5. The molecule has 0 aliphatic heterocycles. The summed E-state index contributed by atoms with van der Waals surface area (Å²) in [4.78, 5) is 37.9. The lowest BCUT2D eigenvalue weighted by Gasteiger charge is -2.18. The standard InChI is InChI=1S/C51H98O6/c1-6-7-8-9-10-11-12-16-22-28-33-38-43-51(54)57-48(45-56-50(53)42-37-32-27-23-18-20-25-30-35-40-47(4)5)44-55-49(52)41-36-31-26-21-17-14-13-15-19-24-29-34-39-46(2)3/h46-48H,6-45H2,1-5H3/t48-/m1/s1. The van der Waals surface area contributed by atoms with Crippen LogP contribution in [0.25, 0.3) is 0 Å². The molecule has 1 atom stereocenters. The number of hydrogen-bond acceptors (Lipinski definition) is 6. The lowest BCUT2D eigenvalue weighted by atomic mass is 10.0. The Morgan fingerprint density at radius 1 is 0.333 bits per heavy atom. The second-order valence-electron chi connectivity index (χ2n) is 18.4. The molecular weight excluding hydrogens is 709 g/mol. The van der Waals surface area contributed by atoms with Crippen molar-refractivity contribution in [3.05, 3.63) is 0 Å². The van der Waals surface area contributed by atoms with E-state index >= 15 is 0 Å². The lowest BCUT2D eigenvalue weighted by Crippen LogP contribution is -2.30. The average molecular weight is 807 g/mol. The number of rotatable bonds is 45. The summed E-state index contributed by atoms with van der Waals surface area (Å²) >= 11 is 0. The van der Waals surface area contributed by atoms with Crippen LogP contribution in [-0.4, -0.2) is 37.2 Å². The maximum atomic E-state index is 12.7. The molecule has 0 N–H and O–H groups in total. The van der Waals surface area contributed by atoms with Gasteiger partial charge in [0.2, 0.25) is 0 Å². The van der Waals surface area contributed by atoms with E-state index in [2.05, 4.69) is 34.6 Å². The van der Waals surface area contributed by atoms with Crippen molar-refractivity contribution in [2.45, 2.75) is 285 Å². The summed E-state index contributed by atoms with van der Waals surface area (Å²) in [6, 6.07) is 0. The zero-order chi connectivity index (χ0) is 41.9. The predicted molar refractivity (Wildman–Crippen MR) is 243 cm³/mol. The first kappa shape index (κ1) is 55.4. The van der Waals surface area contributed by atoms with E-state index in [1.54, 1.807) is 0 Å². The fourth-order valence-electron chi connectivity index (χ4n) is 7.64. The van der Waals surface area contributed by atoms with Gasteiger partial charge in [0.15, 0.2) is 6.10 Å². The summed E-state index contributed by atoms with van der Waals surface area (Å²) in [5.74, 6) is 0.792. The Morgan fingerprint density at radius 2 is 0.579 bits per heavy atom. The number of unbranched alkanes of at least 4 members (excludes halogenated alkanes) is 30. The van der Waals surface area contributed by atoms with E-state index < -0.39 is 6.10 Å². The number of carbonyl (C=O) groups is 3. The molecule has 0 aliphatic rings. The second-order valence-corrected chi connectivity index (χ2v) is 18.4. The highest BCUT2D eigenvalue weighted by atomic mass is 16.6. The molecule has 0 aromatic rings. The highest BCUT2D eigenvalue weighted by Crippen LogP contribution is 2.17. The molecule has 6 nitrogen and oxygen atoms in total. The van der Waals surface area contributed by atoms with Gasteiger partial charge in [-0.25, -0.2) is 0 Å². The lowest BCUT2D eigenvalue weighted by molar-refractivity contribution is -0.167. The number of ether oxygens (including phenoxy) is 3. The monoisotopic (exact) mass is 807 g/mol. The number of esters is 3. The first-order valence-electron chi connectivity index (χ1n) is 25.2. The van der Waals surface area contributed by atoms with Crippen molar-refractivity contribution in [2.24, 2.45) is 11.8 Å². The van der Waals surface area contributed by atoms with E-state index in [0.29, 0.717) is 19.3 Å². The zero-order valence-corrected chi connectivity index (χ0v) is 39.0. The third kappa shape index (κ3) is 45.3. The fourth-order valence-corrected chi connectivity index (χ4v) is 7.64. The van der Waals surface area contributed by atoms with Crippen LogP contribution in [-0.2, 0) is 28.6 Å². The highest BCUT2D eigenvalue weighted by molar-refractivity contribution is 5.71. The zero-order valence-electron chi connectivity index (χ0n) is 39.0. The van der Waals surface area contributed by atoms with Crippen LogP contribution in [0.2, 0.25) is 0 Å². The van der Waals surface area contributed by atoms with Crippen LogP contribution in [0.15, 0.2) is 0 Å². The Labute approximate surface area is 355 Å². The molecule has 57 heavy (non-hydrogen) atoms. The van der Waals surface area contributed by atoms with Crippen LogP contribution in [0.4, 0.5) is 0 Å². The van der Waals surface area contributed by atoms with Crippen LogP contribution in [0.3, 0.4) is 0 Å². The minimum atomic E-state index is -0.761. The van der Waals surface area contributed by atoms with Crippen molar-refractivity contribution >= 4 is 17.9 Å². The van der Waals surface area contributed by atoms with Crippen LogP contribution in [0.5, 0.6) is 0 Å². The quantitative estimate of drug-likeness (QED) is 0.0346. The summed E-state index contributed by atoms with van der Waals surface area (Å²) in [5, 5.41) is 0. The minimum Gasteiger partial charge on any atom is -0.462 e. The van der Waals surface area contributed by atoms with Gasteiger partial charge in [0, 0.05) is 19.3 Å². The largest absolute Gasteiger partial charge is 0.462 e. The molecule has 0 unspecified atom stereocenters. The molecule has 0 rings (SSSR count). The van der Waals surface area contributed by atoms with Crippen LogP contribution < -0.4 is 0 Å². The Kier molecular flexibility index (Phi) is 42.7. The number of carbonyl (C=O) groups excluding carboxylic acids is 3. The second kappa shape index (κ2) is 44.0. The Bertz CT molecular complexity index is 870. The smallest absolute Gasteiger partial charge is 0.306 e. The van der Waals surface area contributed by atoms with Gasteiger partial charge in [-0.1, -0.05) is 240 Å². The van der Waals surface area contributed by atoms with Crippen LogP contribution >= 0.6 is 0 Å². The molecule has 338 valence electrons. The summed E-state index contributed by atoms with van der Waals surface area (Å²) < 4.78 is 16.8. The molecule has 0 spiro atoms. The van der Waals surface area contributed by atoms with E-state index in [0.717, 1.165) is 69.6 Å². The predicted octanol–water partition coefficient (Wildman–Crippen LogP) is 16.1. The molecule has 0 radical (unpaired) electrons. The van der Waals surface area contributed by atoms with E-state index in [9.17, 15) is 14.4 Å². The fraction of sp³-hybridized carbons (Fsp3) is 0.941. The molecule has 0 saturated carbocycles. The van der Waals surface area contributed by atoms with Crippen LogP contribution in [0.1, 0.15) is 279 Å². The maximum Gasteiger partial charge on any atom is 0.306 e. The van der Waals surface area contributed by atoms with E-state index in [1.807, 2.05) is 0 Å². The van der Waals surface area contributed by atoms with Gasteiger partial charge in [-0.3, -0.25) is 14.4 Å². The molecule has 0 saturated heterocycles. The first-order chi connectivity index (χ1) is 27.7. The number of hydrogen-bond donors (Lipinski definition) is 0. The minimum absolute atomic E-state index is 0.0640. The third-order valence-corrected chi connectivity index (χ3v) is 11.5. The maximum absolute atomic E-state index is 12.7. The molecular formula is C51H98O6. The summed E-state index contributed by atoms with van der Waals surface area (Å²) in [6.45, 7) is 11.3. The summed E-state index contributed by atoms with van der Waals surface area (Å²) in [6.07, 6.45) is 43.7. The van der Waals surface area contributed by atoms with Gasteiger partial charge in [-0.15, -0.1) is 0 Å². The topological polar surface area (TPSA) is 78.9 Å². The van der Waals surface area contributed by atoms with Crippen molar-refractivity contribution in [3.8, 4) is 0 Å². The van der Waals surface area contributed by atoms with Gasteiger partial charge in [-0.2, -0.15) is 0 Å². The van der Waals surface area contributed by atoms with E-state index in [4.69, 9.17) is 14.2 Å². The van der Waals surface area contributed by atoms with Gasteiger partial charge in [0.05, 0.1) is 0 Å². The van der Waals surface area contributed by atoms with Gasteiger partial charge in [-0.05, 0) is 31.1 Å². The van der Waals surface area contributed by atoms with Crippen molar-refractivity contribution in [3.63, 3.8) is 0 Å². The van der Waals surface area contributed by atoms with Gasteiger partial charge in [0.25, 0.3) is 0 Å². The van der Waals surface area contributed by atoms with E-state index in [-0.39, 0.29) is 31.1 Å². The Balaban J connectivity index is 4.31. The molecule has 0 amide bonds. The average Bonchev–Trinajstić information content (AvgIpc) is 3.18. The van der Waals surface area contributed by atoms with Gasteiger partial charge in [0.1, 0.15) is 13.2 Å². The molecule has 0 fully saturated rings. The van der Waals surface area contributed by atoms with Crippen molar-refractivity contribution in [2.75, 3.05) is 13.2 Å². The first-order valence-corrected chi connectivity index (χ1v) is 25.2. The van der Waals surface area contributed by atoms with Gasteiger partial charge < -0.3 is 14.2 Å². The molecule has 0 aromatic heterocycles. The molecule has 0 aliphatic carbocycles. The summed E-state index contributed by atoms with van der Waals surface area (Å²) in [5.41, 5.74) is 0. The Morgan fingerprint density at radius 3 is 0.860 bits per heavy atom. The van der Waals surface area contributed by atoms with E-state index in [1.165, 1.54) is 167 Å². The Hall–Kier alpha value is -1.59. The molecule has 6 heteroatoms.